The van der Waals surface area contributed by atoms with Crippen molar-refractivity contribution in [2.75, 3.05) is 11.9 Å². The number of nitriles is 1. The molecule has 1 rings (SSSR count). The number of carbonyl (C=O) groups excluding carboxylic acids is 1. The number of nitrogens with one attached hydrogen (secondary N) is 2. The maximum atomic E-state index is 11.4. The van der Waals surface area contributed by atoms with Gasteiger partial charge in [0, 0.05) is 12.2 Å². The average molecular weight is 247 g/mol. The minimum absolute atomic E-state index is 0.0530. The summed E-state index contributed by atoms with van der Waals surface area (Å²) in [6, 6.07) is 7.84. The van der Waals surface area contributed by atoms with E-state index in [0.29, 0.717) is 11.3 Å². The Balaban J connectivity index is 2.45. The van der Waals surface area contributed by atoms with Crippen LogP contribution in [-0.4, -0.2) is 23.7 Å². The van der Waals surface area contributed by atoms with Gasteiger partial charge in [-0.2, -0.15) is 5.26 Å². The Labute approximate surface area is 104 Å². The van der Waals surface area contributed by atoms with Gasteiger partial charge in [-0.1, -0.05) is 6.92 Å². The second-order valence-electron chi connectivity index (χ2n) is 3.76. The van der Waals surface area contributed by atoms with E-state index in [1.54, 1.807) is 24.3 Å². The first kappa shape index (κ1) is 13.5. The van der Waals surface area contributed by atoms with Crippen molar-refractivity contribution in [3.05, 3.63) is 29.8 Å². The Kier molecular flexibility index (Phi) is 4.69. The highest BCUT2D eigenvalue weighted by molar-refractivity contribution is 5.89. The second kappa shape index (κ2) is 6.25. The third kappa shape index (κ3) is 4.14. The molecule has 18 heavy (non-hydrogen) atoms. The van der Waals surface area contributed by atoms with Crippen LogP contribution in [-0.2, 0) is 4.79 Å². The monoisotopic (exact) mass is 247 g/mol. The molecule has 0 saturated carbocycles. The molecule has 0 aliphatic carbocycles. The maximum Gasteiger partial charge on any atom is 0.319 e. The van der Waals surface area contributed by atoms with Crippen molar-refractivity contribution in [2.45, 2.75) is 6.92 Å². The van der Waals surface area contributed by atoms with Crippen LogP contribution in [0.25, 0.3) is 0 Å². The van der Waals surface area contributed by atoms with Crippen LogP contribution in [0.1, 0.15) is 12.5 Å². The first-order valence-corrected chi connectivity index (χ1v) is 5.30. The van der Waals surface area contributed by atoms with E-state index < -0.39 is 17.9 Å². The lowest BCUT2D eigenvalue weighted by molar-refractivity contribution is -0.140. The highest BCUT2D eigenvalue weighted by Crippen LogP contribution is 2.08. The largest absolute Gasteiger partial charge is 0.481 e. The van der Waals surface area contributed by atoms with Crippen molar-refractivity contribution in [3.63, 3.8) is 0 Å². The third-order valence-corrected chi connectivity index (χ3v) is 2.26. The minimum atomic E-state index is -0.964. The lowest BCUT2D eigenvalue weighted by Gasteiger charge is -2.09. The number of nitrogens with zero attached hydrogens (tertiary/aromatic N) is 1. The number of aliphatic carboxylic acids is 1. The van der Waals surface area contributed by atoms with Crippen LogP contribution in [0.15, 0.2) is 24.3 Å². The molecule has 2 amide bonds. The van der Waals surface area contributed by atoms with E-state index in [1.165, 1.54) is 6.92 Å². The molecular weight excluding hydrogens is 234 g/mol. The highest BCUT2D eigenvalue weighted by atomic mass is 16.4. The van der Waals surface area contributed by atoms with Crippen LogP contribution >= 0.6 is 0 Å². The molecule has 3 N–H and O–H groups in total. The highest BCUT2D eigenvalue weighted by Gasteiger charge is 2.11. The summed E-state index contributed by atoms with van der Waals surface area (Å²) in [6.07, 6.45) is 0. The summed E-state index contributed by atoms with van der Waals surface area (Å²) in [4.78, 5) is 22.0. The van der Waals surface area contributed by atoms with Gasteiger partial charge in [0.05, 0.1) is 17.6 Å². The average Bonchev–Trinajstić information content (AvgIpc) is 2.36. The molecule has 6 heteroatoms. The van der Waals surface area contributed by atoms with Gasteiger partial charge in [0.15, 0.2) is 0 Å². The molecule has 0 spiro atoms. The Morgan fingerprint density at radius 2 is 2.00 bits per heavy atom. The summed E-state index contributed by atoms with van der Waals surface area (Å²) in [5.74, 6) is -1.61. The molecule has 0 fully saturated rings. The molecule has 1 atom stereocenters. The molecule has 0 aliphatic heterocycles. The molecule has 0 aliphatic rings. The van der Waals surface area contributed by atoms with Crippen molar-refractivity contribution >= 4 is 17.7 Å². The zero-order valence-electron chi connectivity index (χ0n) is 9.80. The fraction of sp³-hybridized carbons (Fsp3) is 0.250. The van der Waals surface area contributed by atoms with Crippen LogP contribution in [0.5, 0.6) is 0 Å². The van der Waals surface area contributed by atoms with Gasteiger partial charge in [0.25, 0.3) is 0 Å². The summed E-state index contributed by atoms with van der Waals surface area (Å²) in [7, 11) is 0. The van der Waals surface area contributed by atoms with Gasteiger partial charge >= 0.3 is 12.0 Å². The predicted octanol–water partition coefficient (Wildman–Crippen LogP) is 1.40. The van der Waals surface area contributed by atoms with E-state index >= 15 is 0 Å². The van der Waals surface area contributed by atoms with Crippen LogP contribution in [0, 0.1) is 17.2 Å². The normalized spacial score (nSPS) is 11.1. The number of carboxylic acids is 1. The van der Waals surface area contributed by atoms with Crippen molar-refractivity contribution in [1.82, 2.24) is 5.32 Å². The van der Waals surface area contributed by atoms with Crippen LogP contribution < -0.4 is 10.6 Å². The first-order chi connectivity index (χ1) is 8.52. The van der Waals surface area contributed by atoms with E-state index in [0.717, 1.165) is 0 Å². The Morgan fingerprint density at radius 1 is 1.39 bits per heavy atom. The van der Waals surface area contributed by atoms with Crippen molar-refractivity contribution in [1.29, 1.82) is 5.26 Å². The Morgan fingerprint density at radius 3 is 2.50 bits per heavy atom. The summed E-state index contributed by atoms with van der Waals surface area (Å²) < 4.78 is 0. The molecule has 0 aromatic heterocycles. The van der Waals surface area contributed by atoms with Crippen molar-refractivity contribution in [2.24, 2.45) is 5.92 Å². The van der Waals surface area contributed by atoms with E-state index in [4.69, 9.17) is 10.4 Å². The lowest BCUT2D eigenvalue weighted by atomic mass is 10.2. The molecule has 1 aromatic carbocycles. The van der Waals surface area contributed by atoms with E-state index in [9.17, 15) is 9.59 Å². The molecule has 0 bridgehead atoms. The fourth-order valence-electron chi connectivity index (χ4n) is 1.14. The van der Waals surface area contributed by atoms with Gasteiger partial charge in [0.1, 0.15) is 0 Å². The van der Waals surface area contributed by atoms with Gasteiger partial charge in [-0.15, -0.1) is 0 Å². The van der Waals surface area contributed by atoms with E-state index in [2.05, 4.69) is 10.6 Å². The van der Waals surface area contributed by atoms with Crippen LogP contribution in [0.2, 0.25) is 0 Å². The molecule has 0 heterocycles. The zero-order chi connectivity index (χ0) is 13.5. The number of benzene rings is 1. The standard InChI is InChI=1S/C12H13N3O3/c1-8(11(16)17)7-14-12(18)15-10-4-2-9(6-13)3-5-10/h2-5,8H,7H2,1H3,(H,16,17)(H2,14,15,18). The SMILES string of the molecule is CC(CNC(=O)Nc1ccc(C#N)cc1)C(=O)O. The number of amides is 2. The number of carboxylic acid groups (broad SMARTS) is 1. The predicted molar refractivity (Wildman–Crippen MR) is 65.0 cm³/mol. The number of carbonyl (C=O) groups is 2. The number of anilines is 1. The lowest BCUT2D eigenvalue weighted by Crippen LogP contribution is -2.34. The molecule has 1 aromatic rings. The molecule has 6 nitrogen and oxygen atoms in total. The summed E-state index contributed by atoms with van der Waals surface area (Å²) in [5.41, 5.74) is 1.04. The molecule has 0 saturated heterocycles. The van der Waals surface area contributed by atoms with Gasteiger partial charge in [-0.05, 0) is 24.3 Å². The zero-order valence-corrected chi connectivity index (χ0v) is 9.80. The fourth-order valence-corrected chi connectivity index (χ4v) is 1.14. The summed E-state index contributed by atoms with van der Waals surface area (Å²) in [5, 5.41) is 22.2. The summed E-state index contributed by atoms with van der Waals surface area (Å²) >= 11 is 0. The van der Waals surface area contributed by atoms with E-state index in [1.807, 2.05) is 6.07 Å². The van der Waals surface area contributed by atoms with Gasteiger partial charge in [0.2, 0.25) is 0 Å². The van der Waals surface area contributed by atoms with Gasteiger partial charge < -0.3 is 15.7 Å². The molecule has 1 unspecified atom stereocenters. The van der Waals surface area contributed by atoms with Crippen LogP contribution in [0.3, 0.4) is 0 Å². The minimum Gasteiger partial charge on any atom is -0.481 e. The third-order valence-electron chi connectivity index (χ3n) is 2.26. The number of rotatable bonds is 4. The molecule has 94 valence electrons. The summed E-state index contributed by atoms with van der Waals surface area (Å²) in [6.45, 7) is 1.56. The quantitative estimate of drug-likeness (QED) is 0.748. The van der Waals surface area contributed by atoms with Crippen LogP contribution in [0.4, 0.5) is 10.5 Å². The van der Waals surface area contributed by atoms with Gasteiger partial charge in [-0.3, -0.25) is 4.79 Å². The number of urea groups is 1. The number of hydrogen-bond acceptors (Lipinski definition) is 3. The second-order valence-corrected chi connectivity index (χ2v) is 3.76. The number of hydrogen-bond donors (Lipinski definition) is 3. The van der Waals surface area contributed by atoms with Gasteiger partial charge in [-0.25, -0.2) is 4.79 Å². The Bertz CT molecular complexity index is 476. The van der Waals surface area contributed by atoms with Crippen molar-refractivity contribution < 1.29 is 14.7 Å². The molecular formula is C12H13N3O3. The maximum absolute atomic E-state index is 11.4. The topological polar surface area (TPSA) is 102 Å². The van der Waals surface area contributed by atoms with Crippen molar-refractivity contribution in [3.8, 4) is 6.07 Å². The molecule has 0 radical (unpaired) electrons. The Hall–Kier alpha value is -2.55. The van der Waals surface area contributed by atoms with E-state index in [-0.39, 0.29) is 6.54 Å². The smallest absolute Gasteiger partial charge is 0.319 e. The first-order valence-electron chi connectivity index (χ1n) is 5.30.